The predicted octanol–water partition coefficient (Wildman–Crippen LogP) is 2.64. The first-order valence-electron chi connectivity index (χ1n) is 7.79. The number of carbonyl (C=O) groups is 1. The zero-order valence-electron chi connectivity index (χ0n) is 13.4. The summed E-state index contributed by atoms with van der Waals surface area (Å²) in [6, 6.07) is 18.0. The Hall–Kier alpha value is -3.54. The molecule has 6 nitrogen and oxygen atoms in total. The van der Waals surface area contributed by atoms with E-state index in [2.05, 4.69) is 15.4 Å². The number of rotatable bonds is 2. The minimum atomic E-state index is -0.465. The van der Waals surface area contributed by atoms with Crippen LogP contribution < -0.4 is 11.0 Å². The minimum absolute atomic E-state index is 0.234. The first-order chi connectivity index (χ1) is 12.1. The van der Waals surface area contributed by atoms with Gasteiger partial charge in [-0.25, -0.2) is 14.6 Å². The van der Waals surface area contributed by atoms with Crippen LogP contribution in [0.15, 0.2) is 65.5 Å². The normalized spacial score (nSPS) is 10.9. The highest BCUT2D eigenvalue weighted by Gasteiger charge is 2.13. The number of nitrogens with one attached hydrogen (secondary N) is 1. The van der Waals surface area contributed by atoms with Crippen molar-refractivity contribution in [1.29, 1.82) is 0 Å². The van der Waals surface area contributed by atoms with Crippen molar-refractivity contribution >= 4 is 27.7 Å². The van der Waals surface area contributed by atoms with Crippen LogP contribution in [0.3, 0.4) is 0 Å². The number of hydrogen-bond donors (Lipinski definition) is 1. The number of fused-ring (bicyclic) bond motifs is 2. The molecule has 6 heteroatoms. The molecule has 2 aromatic carbocycles. The number of nitrogens with zero attached hydrogens (tertiary/aromatic N) is 3. The molecule has 0 atom stereocenters. The van der Waals surface area contributed by atoms with E-state index in [-0.39, 0.29) is 11.3 Å². The third kappa shape index (κ3) is 2.63. The van der Waals surface area contributed by atoms with E-state index in [9.17, 15) is 9.59 Å². The highest BCUT2D eigenvalue weighted by Crippen LogP contribution is 2.12. The summed E-state index contributed by atoms with van der Waals surface area (Å²) in [7, 11) is 0. The number of amides is 1. The van der Waals surface area contributed by atoms with Crippen molar-refractivity contribution in [1.82, 2.24) is 14.6 Å². The molecule has 0 aliphatic carbocycles. The van der Waals surface area contributed by atoms with E-state index in [1.807, 2.05) is 36.4 Å². The summed E-state index contributed by atoms with van der Waals surface area (Å²) in [5.41, 5.74) is 3.82. The monoisotopic (exact) mass is 330 g/mol. The molecule has 2 aromatic heterocycles. The number of aryl methyl sites for hydroxylation is 1. The van der Waals surface area contributed by atoms with E-state index in [4.69, 9.17) is 0 Å². The van der Waals surface area contributed by atoms with E-state index in [1.165, 1.54) is 0 Å². The van der Waals surface area contributed by atoms with Crippen LogP contribution in [0.4, 0.5) is 0 Å². The van der Waals surface area contributed by atoms with Crippen molar-refractivity contribution in [2.75, 3.05) is 5.43 Å². The SMILES string of the molecule is Cc1nc2ccccc2c(=O)n1NC(=O)c1ccc2ccccc2n1. The third-order valence-corrected chi connectivity index (χ3v) is 3.99. The van der Waals surface area contributed by atoms with E-state index in [1.54, 1.807) is 31.2 Å². The second-order valence-electron chi connectivity index (χ2n) is 5.65. The van der Waals surface area contributed by atoms with Gasteiger partial charge in [0, 0.05) is 5.39 Å². The van der Waals surface area contributed by atoms with Gasteiger partial charge in [0.05, 0.1) is 16.4 Å². The molecule has 0 aliphatic rings. The topological polar surface area (TPSA) is 76.9 Å². The number of carbonyl (C=O) groups excluding carboxylic acids is 1. The fraction of sp³-hybridized carbons (Fsp3) is 0.0526. The Morgan fingerprint density at radius 1 is 0.920 bits per heavy atom. The van der Waals surface area contributed by atoms with Gasteiger partial charge < -0.3 is 0 Å². The number of pyridine rings is 1. The second kappa shape index (κ2) is 5.83. The Morgan fingerprint density at radius 2 is 1.64 bits per heavy atom. The lowest BCUT2D eigenvalue weighted by Crippen LogP contribution is -2.35. The first-order valence-corrected chi connectivity index (χ1v) is 7.79. The molecule has 0 saturated heterocycles. The number of benzene rings is 2. The van der Waals surface area contributed by atoms with Gasteiger partial charge in [-0.05, 0) is 31.2 Å². The summed E-state index contributed by atoms with van der Waals surface area (Å²) in [6.07, 6.45) is 0. The largest absolute Gasteiger partial charge is 0.288 e. The number of aromatic nitrogens is 3. The fourth-order valence-electron chi connectivity index (χ4n) is 2.73. The maximum atomic E-state index is 12.6. The van der Waals surface area contributed by atoms with Gasteiger partial charge in [-0.3, -0.25) is 15.0 Å². The molecule has 1 N–H and O–H groups in total. The van der Waals surface area contributed by atoms with Gasteiger partial charge in [0.15, 0.2) is 0 Å². The molecule has 0 fully saturated rings. The quantitative estimate of drug-likeness (QED) is 0.613. The van der Waals surface area contributed by atoms with Gasteiger partial charge in [0.1, 0.15) is 11.5 Å². The van der Waals surface area contributed by atoms with Crippen molar-refractivity contribution in [2.45, 2.75) is 6.92 Å². The molecular weight excluding hydrogens is 316 g/mol. The van der Waals surface area contributed by atoms with Gasteiger partial charge in [0.2, 0.25) is 0 Å². The van der Waals surface area contributed by atoms with Gasteiger partial charge in [-0.2, -0.15) is 0 Å². The Morgan fingerprint density at radius 3 is 2.48 bits per heavy atom. The van der Waals surface area contributed by atoms with Crippen molar-refractivity contribution < 1.29 is 4.79 Å². The molecule has 0 saturated carbocycles. The molecule has 25 heavy (non-hydrogen) atoms. The van der Waals surface area contributed by atoms with Crippen LogP contribution in [0.5, 0.6) is 0 Å². The summed E-state index contributed by atoms with van der Waals surface area (Å²) in [4.78, 5) is 33.9. The summed E-state index contributed by atoms with van der Waals surface area (Å²) in [5, 5.41) is 1.39. The molecule has 4 aromatic rings. The fourth-order valence-corrected chi connectivity index (χ4v) is 2.73. The number of para-hydroxylation sites is 2. The van der Waals surface area contributed by atoms with Gasteiger partial charge in [-0.1, -0.05) is 36.4 Å². The van der Waals surface area contributed by atoms with Crippen molar-refractivity contribution in [3.05, 3.63) is 82.5 Å². The average molecular weight is 330 g/mol. The number of hydrogen-bond acceptors (Lipinski definition) is 4. The molecule has 1 amide bonds. The zero-order chi connectivity index (χ0) is 17.4. The molecule has 0 unspecified atom stereocenters. The van der Waals surface area contributed by atoms with Crippen LogP contribution >= 0.6 is 0 Å². The van der Waals surface area contributed by atoms with Gasteiger partial charge in [-0.15, -0.1) is 0 Å². The lowest BCUT2D eigenvalue weighted by molar-refractivity contribution is 0.100. The van der Waals surface area contributed by atoms with Crippen molar-refractivity contribution in [2.24, 2.45) is 0 Å². The maximum Gasteiger partial charge on any atom is 0.288 e. The first kappa shape index (κ1) is 15.0. The minimum Gasteiger partial charge on any atom is -0.267 e. The second-order valence-corrected chi connectivity index (χ2v) is 5.65. The molecule has 2 heterocycles. The summed E-state index contributed by atoms with van der Waals surface area (Å²) >= 11 is 0. The smallest absolute Gasteiger partial charge is 0.267 e. The Balaban J connectivity index is 1.75. The Labute approximate surface area is 142 Å². The highest BCUT2D eigenvalue weighted by atomic mass is 16.2. The van der Waals surface area contributed by atoms with E-state index >= 15 is 0 Å². The molecule has 0 bridgehead atoms. The average Bonchev–Trinajstić information content (AvgIpc) is 2.64. The van der Waals surface area contributed by atoms with Crippen LogP contribution in [-0.2, 0) is 0 Å². The highest BCUT2D eigenvalue weighted by molar-refractivity contribution is 6.00. The standard InChI is InChI=1S/C19H14N4O2/c1-12-20-16-9-5-3-7-14(16)19(25)23(12)22-18(24)17-11-10-13-6-2-4-8-15(13)21-17/h2-11H,1H3,(H,22,24). The molecule has 0 spiro atoms. The zero-order valence-corrected chi connectivity index (χ0v) is 13.4. The van der Waals surface area contributed by atoms with Crippen LogP contribution in [0, 0.1) is 6.92 Å². The Bertz CT molecular complexity index is 1180. The van der Waals surface area contributed by atoms with Gasteiger partial charge in [0.25, 0.3) is 11.5 Å². The van der Waals surface area contributed by atoms with Crippen LogP contribution in [0.2, 0.25) is 0 Å². The third-order valence-electron chi connectivity index (χ3n) is 3.99. The van der Waals surface area contributed by atoms with Crippen LogP contribution in [0.1, 0.15) is 16.3 Å². The Kier molecular flexibility index (Phi) is 3.50. The lowest BCUT2D eigenvalue weighted by Gasteiger charge is -2.12. The van der Waals surface area contributed by atoms with Crippen molar-refractivity contribution in [3.8, 4) is 0 Å². The molecule has 0 radical (unpaired) electrons. The van der Waals surface area contributed by atoms with E-state index in [0.717, 1.165) is 15.6 Å². The lowest BCUT2D eigenvalue weighted by atomic mass is 10.2. The van der Waals surface area contributed by atoms with E-state index < -0.39 is 5.91 Å². The molecular formula is C19H14N4O2. The van der Waals surface area contributed by atoms with Gasteiger partial charge >= 0.3 is 0 Å². The summed E-state index contributed by atoms with van der Waals surface area (Å²) in [6.45, 7) is 1.67. The molecule has 4 rings (SSSR count). The van der Waals surface area contributed by atoms with Crippen LogP contribution in [0.25, 0.3) is 21.8 Å². The molecule has 122 valence electrons. The summed E-state index contributed by atoms with van der Waals surface area (Å²) < 4.78 is 1.15. The van der Waals surface area contributed by atoms with Crippen LogP contribution in [-0.4, -0.2) is 20.6 Å². The maximum absolute atomic E-state index is 12.6. The van der Waals surface area contributed by atoms with E-state index in [0.29, 0.717) is 16.7 Å². The summed E-state index contributed by atoms with van der Waals surface area (Å²) in [5.74, 6) is -0.0640. The predicted molar refractivity (Wildman–Crippen MR) is 96.2 cm³/mol. The molecule has 0 aliphatic heterocycles. The van der Waals surface area contributed by atoms with Crippen molar-refractivity contribution in [3.63, 3.8) is 0 Å².